The molecule has 0 saturated carbocycles. The van der Waals surface area contributed by atoms with Crippen LogP contribution in [0, 0.1) is 0 Å². The fourth-order valence-electron chi connectivity index (χ4n) is 1.59. The first-order chi connectivity index (χ1) is 8.75. The highest BCUT2D eigenvalue weighted by atomic mass is 79.9. The van der Waals surface area contributed by atoms with E-state index in [9.17, 15) is 4.79 Å². The lowest BCUT2D eigenvalue weighted by Crippen LogP contribution is -1.99. The van der Waals surface area contributed by atoms with Gasteiger partial charge in [0.25, 0.3) is 0 Å². The van der Waals surface area contributed by atoms with Crippen LogP contribution in [0.1, 0.15) is 16.8 Å². The molecule has 2 aromatic carbocycles. The van der Waals surface area contributed by atoms with Crippen molar-refractivity contribution >= 4 is 33.5 Å². The Kier molecular flexibility index (Phi) is 5.02. The van der Waals surface area contributed by atoms with Gasteiger partial charge in [0.15, 0.2) is 5.78 Å². The van der Waals surface area contributed by atoms with E-state index in [2.05, 4.69) is 28.1 Å². The van der Waals surface area contributed by atoms with E-state index >= 15 is 0 Å². The predicted molar refractivity (Wildman–Crippen MR) is 80.3 cm³/mol. The number of benzene rings is 2. The Balaban J connectivity index is 1.84. The van der Waals surface area contributed by atoms with Crippen LogP contribution in [-0.2, 0) is 0 Å². The van der Waals surface area contributed by atoms with E-state index in [1.54, 1.807) is 11.8 Å². The summed E-state index contributed by atoms with van der Waals surface area (Å²) < 4.78 is 1.07. The number of hydrogen-bond donors (Lipinski definition) is 0. The first-order valence-electron chi connectivity index (χ1n) is 5.72. The van der Waals surface area contributed by atoms with Crippen LogP contribution in [0.2, 0.25) is 0 Å². The molecule has 2 aromatic rings. The first kappa shape index (κ1) is 13.4. The quantitative estimate of drug-likeness (QED) is 0.580. The van der Waals surface area contributed by atoms with Crippen molar-refractivity contribution in [2.45, 2.75) is 11.3 Å². The Bertz CT molecular complexity index is 525. The minimum atomic E-state index is 0.207. The van der Waals surface area contributed by atoms with Gasteiger partial charge < -0.3 is 0 Å². The third-order valence-electron chi connectivity index (χ3n) is 2.49. The lowest BCUT2D eigenvalue weighted by molar-refractivity contribution is 0.0989. The van der Waals surface area contributed by atoms with Crippen molar-refractivity contribution in [2.75, 3.05) is 5.75 Å². The number of carbonyl (C=O) groups excluding carboxylic acids is 1. The van der Waals surface area contributed by atoms with E-state index in [0.717, 1.165) is 15.8 Å². The Hall–Kier alpha value is -1.06. The molecule has 0 bridgehead atoms. The second kappa shape index (κ2) is 6.76. The Labute approximate surface area is 120 Å². The van der Waals surface area contributed by atoms with Crippen LogP contribution < -0.4 is 0 Å². The second-order valence-corrected chi connectivity index (χ2v) is 5.93. The van der Waals surface area contributed by atoms with Gasteiger partial charge in [0.05, 0.1) is 0 Å². The SMILES string of the molecule is O=C(CCSc1cccc(Br)c1)c1ccccc1. The molecule has 0 N–H and O–H groups in total. The maximum Gasteiger partial charge on any atom is 0.163 e. The van der Waals surface area contributed by atoms with Gasteiger partial charge in [0.1, 0.15) is 0 Å². The largest absolute Gasteiger partial charge is 0.294 e. The second-order valence-electron chi connectivity index (χ2n) is 3.85. The van der Waals surface area contributed by atoms with Gasteiger partial charge in [-0.25, -0.2) is 0 Å². The average Bonchev–Trinajstić information content (AvgIpc) is 2.40. The number of hydrogen-bond acceptors (Lipinski definition) is 2. The topological polar surface area (TPSA) is 17.1 Å². The van der Waals surface area contributed by atoms with Gasteiger partial charge in [-0.1, -0.05) is 52.3 Å². The number of ketones is 1. The van der Waals surface area contributed by atoms with Crippen LogP contribution in [0.4, 0.5) is 0 Å². The number of Topliss-reactive ketones (excluding diaryl/α,β-unsaturated/α-hetero) is 1. The molecule has 1 nitrogen and oxygen atoms in total. The normalized spacial score (nSPS) is 10.3. The molecule has 92 valence electrons. The molecule has 0 heterocycles. The van der Waals surface area contributed by atoms with Crippen LogP contribution in [0.15, 0.2) is 64.0 Å². The predicted octanol–water partition coefficient (Wildman–Crippen LogP) is 4.81. The molecule has 0 amide bonds. The molecule has 0 unspecified atom stereocenters. The number of thioether (sulfide) groups is 1. The summed E-state index contributed by atoms with van der Waals surface area (Å²) in [5.74, 6) is 1.02. The van der Waals surface area contributed by atoms with Crippen LogP contribution in [0.3, 0.4) is 0 Å². The van der Waals surface area contributed by atoms with Gasteiger partial charge in [-0.2, -0.15) is 0 Å². The summed E-state index contributed by atoms with van der Waals surface area (Å²) in [5.41, 5.74) is 0.798. The summed E-state index contributed by atoms with van der Waals surface area (Å²) in [5, 5.41) is 0. The molecule has 0 aliphatic carbocycles. The maximum absolute atomic E-state index is 11.9. The van der Waals surface area contributed by atoms with Gasteiger partial charge in [-0.3, -0.25) is 4.79 Å². The smallest absolute Gasteiger partial charge is 0.163 e. The van der Waals surface area contributed by atoms with Crippen molar-refractivity contribution in [3.8, 4) is 0 Å². The summed E-state index contributed by atoms with van der Waals surface area (Å²) in [4.78, 5) is 13.1. The molecule has 0 aromatic heterocycles. The van der Waals surface area contributed by atoms with Gasteiger partial charge in [0.2, 0.25) is 0 Å². The van der Waals surface area contributed by atoms with Crippen molar-refractivity contribution in [3.63, 3.8) is 0 Å². The van der Waals surface area contributed by atoms with E-state index in [1.165, 1.54) is 4.90 Å². The summed E-state index contributed by atoms with van der Waals surface area (Å²) in [6.07, 6.45) is 0.571. The van der Waals surface area contributed by atoms with Crippen LogP contribution in [0.25, 0.3) is 0 Å². The fourth-order valence-corrected chi connectivity index (χ4v) is 3.05. The van der Waals surface area contributed by atoms with Crippen molar-refractivity contribution in [3.05, 3.63) is 64.6 Å². The Morgan fingerprint density at radius 1 is 1.06 bits per heavy atom. The molecule has 0 spiro atoms. The molecule has 0 radical (unpaired) electrons. The van der Waals surface area contributed by atoms with Crippen LogP contribution in [-0.4, -0.2) is 11.5 Å². The zero-order chi connectivity index (χ0) is 12.8. The van der Waals surface area contributed by atoms with E-state index in [0.29, 0.717) is 6.42 Å². The average molecular weight is 321 g/mol. The lowest BCUT2D eigenvalue weighted by Gasteiger charge is -2.02. The molecular formula is C15H13BrOS. The van der Waals surface area contributed by atoms with E-state index in [-0.39, 0.29) is 5.78 Å². The minimum Gasteiger partial charge on any atom is -0.294 e. The van der Waals surface area contributed by atoms with Crippen LogP contribution >= 0.6 is 27.7 Å². The van der Waals surface area contributed by atoms with Gasteiger partial charge >= 0.3 is 0 Å². The number of carbonyl (C=O) groups is 1. The van der Waals surface area contributed by atoms with Crippen LogP contribution in [0.5, 0.6) is 0 Å². The molecule has 18 heavy (non-hydrogen) atoms. The van der Waals surface area contributed by atoms with Crippen molar-refractivity contribution in [2.24, 2.45) is 0 Å². The molecule has 2 rings (SSSR count). The molecule has 3 heteroatoms. The van der Waals surface area contributed by atoms with E-state index in [1.807, 2.05) is 42.5 Å². The highest BCUT2D eigenvalue weighted by Crippen LogP contribution is 2.22. The lowest BCUT2D eigenvalue weighted by atomic mass is 10.1. The fraction of sp³-hybridized carbons (Fsp3) is 0.133. The standard InChI is InChI=1S/C15H13BrOS/c16-13-7-4-8-14(11-13)18-10-9-15(17)12-5-2-1-3-6-12/h1-8,11H,9-10H2. The third kappa shape index (κ3) is 4.00. The third-order valence-corrected chi connectivity index (χ3v) is 3.98. The molecular weight excluding hydrogens is 308 g/mol. The Morgan fingerprint density at radius 2 is 1.83 bits per heavy atom. The summed E-state index contributed by atoms with van der Waals surface area (Å²) in [7, 11) is 0. The Morgan fingerprint density at radius 3 is 2.56 bits per heavy atom. The summed E-state index contributed by atoms with van der Waals surface area (Å²) in [6, 6.07) is 17.6. The highest BCUT2D eigenvalue weighted by Gasteiger charge is 2.05. The number of rotatable bonds is 5. The number of halogens is 1. The monoisotopic (exact) mass is 320 g/mol. The molecule has 0 fully saturated rings. The summed E-state index contributed by atoms with van der Waals surface area (Å²) >= 11 is 5.15. The van der Waals surface area contributed by atoms with Gasteiger partial charge in [0, 0.05) is 27.1 Å². The van der Waals surface area contributed by atoms with E-state index < -0.39 is 0 Å². The van der Waals surface area contributed by atoms with Gasteiger partial charge in [-0.15, -0.1) is 11.8 Å². The van der Waals surface area contributed by atoms with Crippen molar-refractivity contribution in [1.82, 2.24) is 0 Å². The molecule has 0 aliphatic rings. The zero-order valence-electron chi connectivity index (χ0n) is 9.80. The molecule has 0 saturated heterocycles. The first-order valence-corrected chi connectivity index (χ1v) is 7.50. The van der Waals surface area contributed by atoms with E-state index in [4.69, 9.17) is 0 Å². The summed E-state index contributed by atoms with van der Waals surface area (Å²) in [6.45, 7) is 0. The van der Waals surface area contributed by atoms with Gasteiger partial charge in [-0.05, 0) is 18.2 Å². The minimum absolute atomic E-state index is 0.207. The zero-order valence-corrected chi connectivity index (χ0v) is 12.2. The molecule has 0 aliphatic heterocycles. The van der Waals surface area contributed by atoms with Crippen molar-refractivity contribution < 1.29 is 4.79 Å². The highest BCUT2D eigenvalue weighted by molar-refractivity contribution is 9.10. The molecule has 0 atom stereocenters. The maximum atomic E-state index is 11.9. The van der Waals surface area contributed by atoms with Crippen molar-refractivity contribution in [1.29, 1.82) is 0 Å².